The zero-order valence-corrected chi connectivity index (χ0v) is 19.7. The number of sulfonamides is 1. The van der Waals surface area contributed by atoms with Gasteiger partial charge in [0.05, 0.1) is 18.6 Å². The first-order valence-corrected chi connectivity index (χ1v) is 12.2. The average molecular weight is 480 g/mol. The molecule has 1 aliphatic heterocycles. The summed E-state index contributed by atoms with van der Waals surface area (Å²) in [6, 6.07) is 15.8. The Morgan fingerprint density at radius 3 is 2.50 bits per heavy atom. The van der Waals surface area contributed by atoms with Crippen LogP contribution in [0.5, 0.6) is 5.88 Å². The third-order valence-corrected chi connectivity index (χ3v) is 7.37. The molecule has 0 spiro atoms. The van der Waals surface area contributed by atoms with Crippen LogP contribution in [0.4, 0.5) is 5.82 Å². The molecular formula is C24H25N5O4S. The molecule has 0 fully saturated rings. The van der Waals surface area contributed by atoms with Gasteiger partial charge >= 0.3 is 0 Å². The van der Waals surface area contributed by atoms with E-state index in [2.05, 4.69) is 15.1 Å². The van der Waals surface area contributed by atoms with Crippen LogP contribution >= 0.6 is 0 Å². The normalized spacial score (nSPS) is 15.4. The quantitative estimate of drug-likeness (QED) is 0.492. The summed E-state index contributed by atoms with van der Waals surface area (Å²) < 4.78 is 32.3. The van der Waals surface area contributed by atoms with Gasteiger partial charge in [-0.15, -0.1) is 0 Å². The lowest BCUT2D eigenvalue weighted by atomic mass is 10.0. The highest BCUT2D eigenvalue weighted by molar-refractivity contribution is 7.92. The van der Waals surface area contributed by atoms with Crippen molar-refractivity contribution < 1.29 is 17.9 Å². The van der Waals surface area contributed by atoms with Gasteiger partial charge in [-0.1, -0.05) is 30.3 Å². The van der Waals surface area contributed by atoms with Gasteiger partial charge in [-0.05, 0) is 42.7 Å². The maximum atomic E-state index is 13.0. The van der Waals surface area contributed by atoms with Crippen molar-refractivity contribution in [2.75, 3.05) is 25.0 Å². The van der Waals surface area contributed by atoms with E-state index in [0.29, 0.717) is 12.1 Å². The second-order valence-corrected chi connectivity index (χ2v) is 9.79. The van der Waals surface area contributed by atoms with Crippen molar-refractivity contribution >= 4 is 28.0 Å². The number of methoxy groups -OCH3 is 1. The van der Waals surface area contributed by atoms with Crippen LogP contribution in [0.1, 0.15) is 22.3 Å². The summed E-state index contributed by atoms with van der Waals surface area (Å²) in [6.45, 7) is 0.533. The van der Waals surface area contributed by atoms with Crippen LogP contribution in [0.15, 0.2) is 77.0 Å². The molecule has 1 aromatic heterocycles. The highest BCUT2D eigenvalue weighted by Gasteiger charge is 2.26. The van der Waals surface area contributed by atoms with E-state index in [1.165, 1.54) is 31.6 Å². The predicted molar refractivity (Wildman–Crippen MR) is 128 cm³/mol. The van der Waals surface area contributed by atoms with E-state index < -0.39 is 10.0 Å². The largest absolute Gasteiger partial charge is 0.478 e. The standard InChI is InChI=1S/C24H25N5O4S/c1-28(22-23(33-2)26-15-14-25-22)34(31,32)21-12-10-18(11-13-21)8-9-19-16-27-29(17-19)24(30)20-6-4-3-5-7-20/h3-7,10-16,19H,8-9,17H2,1-2H3. The van der Waals surface area contributed by atoms with Gasteiger partial charge in [0.15, 0.2) is 0 Å². The molecular weight excluding hydrogens is 454 g/mol. The monoisotopic (exact) mass is 479 g/mol. The van der Waals surface area contributed by atoms with Gasteiger partial charge in [0.2, 0.25) is 5.82 Å². The smallest absolute Gasteiger partial charge is 0.273 e. The molecule has 1 atom stereocenters. The summed E-state index contributed by atoms with van der Waals surface area (Å²) >= 11 is 0. The number of nitrogens with zero attached hydrogens (tertiary/aromatic N) is 5. The first kappa shape index (κ1) is 23.4. The summed E-state index contributed by atoms with van der Waals surface area (Å²) in [7, 11) is -1.00. The fourth-order valence-corrected chi connectivity index (χ4v) is 4.80. The lowest BCUT2D eigenvalue weighted by molar-refractivity contribution is 0.0767. The molecule has 0 saturated carbocycles. The van der Waals surface area contributed by atoms with E-state index in [-0.39, 0.29) is 28.4 Å². The van der Waals surface area contributed by atoms with Crippen LogP contribution < -0.4 is 9.04 Å². The van der Waals surface area contributed by atoms with Crippen molar-refractivity contribution in [2.45, 2.75) is 17.7 Å². The zero-order chi connectivity index (χ0) is 24.1. The number of ether oxygens (including phenoxy) is 1. The Morgan fingerprint density at radius 1 is 1.09 bits per heavy atom. The number of hydrogen-bond acceptors (Lipinski definition) is 7. The Kier molecular flexibility index (Phi) is 6.87. The first-order valence-electron chi connectivity index (χ1n) is 10.7. The van der Waals surface area contributed by atoms with Crippen molar-refractivity contribution in [3.63, 3.8) is 0 Å². The summed E-state index contributed by atoms with van der Waals surface area (Å²) in [6.07, 6.45) is 6.18. The van der Waals surface area contributed by atoms with Gasteiger partial charge < -0.3 is 4.74 Å². The van der Waals surface area contributed by atoms with Crippen LogP contribution in [-0.2, 0) is 16.4 Å². The maximum Gasteiger partial charge on any atom is 0.273 e. The predicted octanol–water partition coefficient (Wildman–Crippen LogP) is 3.00. The van der Waals surface area contributed by atoms with Crippen LogP contribution in [0.2, 0.25) is 0 Å². The summed E-state index contributed by atoms with van der Waals surface area (Å²) in [5, 5.41) is 5.76. The Hall–Kier alpha value is -3.79. The lowest BCUT2D eigenvalue weighted by Gasteiger charge is -2.19. The summed E-state index contributed by atoms with van der Waals surface area (Å²) in [5.74, 6) is 0.275. The number of hydrazone groups is 1. The Morgan fingerprint density at radius 2 is 1.79 bits per heavy atom. The molecule has 2 heterocycles. The molecule has 176 valence electrons. The van der Waals surface area contributed by atoms with Crippen molar-refractivity contribution in [1.82, 2.24) is 15.0 Å². The number of rotatable bonds is 8. The number of hydrogen-bond donors (Lipinski definition) is 0. The topological polar surface area (TPSA) is 105 Å². The van der Waals surface area contributed by atoms with Crippen molar-refractivity contribution in [2.24, 2.45) is 11.0 Å². The molecule has 9 nitrogen and oxygen atoms in total. The third kappa shape index (κ3) is 4.91. The molecule has 1 aliphatic rings. The van der Waals surface area contributed by atoms with Crippen molar-refractivity contribution in [3.05, 3.63) is 78.1 Å². The minimum atomic E-state index is -3.83. The summed E-state index contributed by atoms with van der Waals surface area (Å²) in [5.41, 5.74) is 1.61. The van der Waals surface area contributed by atoms with Gasteiger partial charge in [-0.3, -0.25) is 4.79 Å². The number of carbonyl (C=O) groups excluding carboxylic acids is 1. The molecule has 0 radical (unpaired) electrons. The molecule has 1 amide bonds. The second-order valence-electron chi connectivity index (χ2n) is 7.82. The second kappa shape index (κ2) is 10.0. The molecule has 10 heteroatoms. The van der Waals surface area contributed by atoms with E-state index >= 15 is 0 Å². The molecule has 3 aromatic rings. The molecule has 4 rings (SSSR count). The number of aryl methyl sites for hydroxylation is 1. The van der Waals surface area contributed by atoms with Crippen LogP contribution in [0.25, 0.3) is 0 Å². The summed E-state index contributed by atoms with van der Waals surface area (Å²) in [4.78, 5) is 20.8. The molecule has 0 saturated heterocycles. The van der Waals surface area contributed by atoms with Gasteiger partial charge in [0.25, 0.3) is 21.8 Å². The van der Waals surface area contributed by atoms with Crippen molar-refractivity contribution in [1.29, 1.82) is 0 Å². The maximum absolute atomic E-state index is 13.0. The van der Waals surface area contributed by atoms with Crippen LogP contribution in [-0.4, -0.2) is 56.2 Å². The molecule has 34 heavy (non-hydrogen) atoms. The van der Waals surface area contributed by atoms with E-state index in [9.17, 15) is 13.2 Å². The molecule has 0 aliphatic carbocycles. The van der Waals surface area contributed by atoms with E-state index in [1.807, 2.05) is 24.4 Å². The molecule has 1 unspecified atom stereocenters. The Labute approximate surface area is 198 Å². The third-order valence-electron chi connectivity index (χ3n) is 5.60. The zero-order valence-electron chi connectivity index (χ0n) is 18.9. The van der Waals surface area contributed by atoms with Gasteiger partial charge in [0.1, 0.15) is 0 Å². The number of benzene rings is 2. The minimum absolute atomic E-state index is 0.113. The van der Waals surface area contributed by atoms with Gasteiger partial charge in [0, 0.05) is 37.1 Å². The number of carbonyl (C=O) groups is 1. The Balaban J connectivity index is 1.36. The fraction of sp³-hybridized carbons (Fsp3) is 0.250. The molecule has 0 bridgehead atoms. The fourth-order valence-electron chi connectivity index (χ4n) is 3.65. The highest BCUT2D eigenvalue weighted by Crippen LogP contribution is 2.27. The van der Waals surface area contributed by atoms with Crippen LogP contribution in [0, 0.1) is 5.92 Å². The molecule has 2 aromatic carbocycles. The first-order chi connectivity index (χ1) is 16.4. The average Bonchev–Trinajstić information content (AvgIpc) is 3.36. The number of anilines is 1. The number of aromatic nitrogens is 2. The van der Waals surface area contributed by atoms with E-state index in [1.54, 1.807) is 36.4 Å². The van der Waals surface area contributed by atoms with Gasteiger partial charge in [-0.2, -0.15) is 5.10 Å². The Bertz CT molecular complexity index is 1280. The van der Waals surface area contributed by atoms with E-state index in [4.69, 9.17) is 4.74 Å². The lowest BCUT2D eigenvalue weighted by Crippen LogP contribution is -2.28. The van der Waals surface area contributed by atoms with E-state index in [0.717, 1.165) is 22.7 Å². The van der Waals surface area contributed by atoms with Crippen molar-refractivity contribution in [3.8, 4) is 5.88 Å². The van der Waals surface area contributed by atoms with Crippen LogP contribution in [0.3, 0.4) is 0 Å². The highest BCUT2D eigenvalue weighted by atomic mass is 32.2. The number of amides is 1. The SMILES string of the molecule is COc1nccnc1N(C)S(=O)(=O)c1ccc(CCC2C=NN(C(=O)c3ccccc3)C2)cc1. The molecule has 0 N–H and O–H groups in total. The van der Waals surface area contributed by atoms with Gasteiger partial charge in [-0.25, -0.2) is 27.7 Å². The minimum Gasteiger partial charge on any atom is -0.478 e.